The number of nitrogens with zero attached hydrogens (tertiary/aromatic N) is 3. The number of allylic oxidation sites excluding steroid dienone is 2. The van der Waals surface area contributed by atoms with Crippen molar-refractivity contribution in [2.24, 2.45) is 0 Å². The summed E-state index contributed by atoms with van der Waals surface area (Å²) in [6.07, 6.45) is 7.17. The lowest BCUT2D eigenvalue weighted by Gasteiger charge is -2.43. The number of hydrogen-bond acceptors (Lipinski definition) is 9. The predicted molar refractivity (Wildman–Crippen MR) is 271 cm³/mol. The molecule has 0 aromatic heterocycles. The fourth-order valence-electron chi connectivity index (χ4n) is 10.9. The first-order valence-electron chi connectivity index (χ1n) is 24.1. The first-order valence-corrected chi connectivity index (χ1v) is 24.1. The highest BCUT2D eigenvalue weighted by atomic mass is 35.5. The Bertz CT molecular complexity index is 2290. The average molecular weight is 938 g/mol. The minimum Gasteiger partial charge on any atom is -0.462 e. The van der Waals surface area contributed by atoms with Crippen molar-refractivity contribution in [1.82, 2.24) is 15.1 Å². The van der Waals surface area contributed by atoms with Gasteiger partial charge in [-0.2, -0.15) is 0 Å². The van der Waals surface area contributed by atoms with Crippen LogP contribution in [0.2, 0.25) is 0 Å². The maximum Gasteiger partial charge on any atom is 0.336 e. The van der Waals surface area contributed by atoms with E-state index in [1.54, 1.807) is 26.0 Å². The molecular formula is C57H65ClN4O6. The minimum absolute atomic E-state index is 0. The SMILES string of the molecule is CC1=C(C(=O)OCCCCN2CCC(c3ccccc3)(c3ccccc3)CC2)C(c2cccc([N+](=O)[O-])c2)C(C(=O)OCCCCN2CCC(c3ccccc3)(c3ccccc3)CC2)=C(C)N1.Cl. The Kier molecular flexibility index (Phi) is 17.1. The lowest BCUT2D eigenvalue weighted by molar-refractivity contribution is -0.384. The molecule has 0 bridgehead atoms. The van der Waals surface area contributed by atoms with E-state index in [-0.39, 0.29) is 53.3 Å². The van der Waals surface area contributed by atoms with Gasteiger partial charge in [-0.3, -0.25) is 10.1 Å². The van der Waals surface area contributed by atoms with Gasteiger partial charge in [0.05, 0.1) is 35.2 Å². The number of piperidine rings is 2. The van der Waals surface area contributed by atoms with Crippen LogP contribution in [0.3, 0.4) is 0 Å². The van der Waals surface area contributed by atoms with E-state index >= 15 is 0 Å². The summed E-state index contributed by atoms with van der Waals surface area (Å²) in [7, 11) is 0. The molecule has 68 heavy (non-hydrogen) atoms. The molecule has 0 atom stereocenters. The fraction of sp³-hybridized carbons (Fsp3) is 0.368. The van der Waals surface area contributed by atoms with Crippen molar-refractivity contribution >= 4 is 30.0 Å². The van der Waals surface area contributed by atoms with Gasteiger partial charge in [0.15, 0.2) is 0 Å². The second kappa shape index (κ2) is 23.3. The number of carbonyl (C=O) groups is 2. The van der Waals surface area contributed by atoms with Crippen LogP contribution in [0.25, 0.3) is 0 Å². The molecule has 8 rings (SSSR count). The normalized spacial score (nSPS) is 17.4. The number of rotatable bonds is 18. The van der Waals surface area contributed by atoms with Crippen molar-refractivity contribution in [3.05, 3.63) is 206 Å². The van der Waals surface area contributed by atoms with Crippen LogP contribution >= 0.6 is 12.4 Å². The van der Waals surface area contributed by atoms with E-state index in [9.17, 15) is 19.7 Å². The number of esters is 2. The lowest BCUT2D eigenvalue weighted by Crippen LogP contribution is -2.43. The first-order chi connectivity index (χ1) is 32.7. The number of non-ortho nitro benzene ring substituents is 1. The molecule has 0 amide bonds. The molecule has 356 valence electrons. The third-order valence-electron chi connectivity index (χ3n) is 14.5. The molecule has 2 fully saturated rings. The van der Waals surface area contributed by atoms with E-state index in [2.05, 4.69) is 136 Å². The van der Waals surface area contributed by atoms with Crippen molar-refractivity contribution < 1.29 is 24.0 Å². The number of unbranched alkanes of at least 4 members (excludes halogenated alkanes) is 2. The Morgan fingerprint density at radius 1 is 0.574 bits per heavy atom. The predicted octanol–water partition coefficient (Wildman–Crippen LogP) is 11.1. The topological polar surface area (TPSA) is 114 Å². The van der Waals surface area contributed by atoms with Crippen molar-refractivity contribution in [2.75, 3.05) is 52.5 Å². The molecule has 10 nitrogen and oxygen atoms in total. The van der Waals surface area contributed by atoms with Gasteiger partial charge in [0.25, 0.3) is 5.69 Å². The van der Waals surface area contributed by atoms with Crippen LogP contribution in [0.4, 0.5) is 5.69 Å². The van der Waals surface area contributed by atoms with Gasteiger partial charge < -0.3 is 24.6 Å². The molecule has 0 spiro atoms. The second-order valence-corrected chi connectivity index (χ2v) is 18.5. The van der Waals surface area contributed by atoms with Gasteiger partial charge in [-0.05, 0) is 132 Å². The third-order valence-corrected chi connectivity index (χ3v) is 14.5. The summed E-state index contributed by atoms with van der Waals surface area (Å²) in [5.41, 5.74) is 7.30. The van der Waals surface area contributed by atoms with Crippen LogP contribution in [0.5, 0.6) is 0 Å². The zero-order valence-electron chi connectivity index (χ0n) is 39.4. The van der Waals surface area contributed by atoms with E-state index in [0.29, 0.717) is 29.8 Å². The second-order valence-electron chi connectivity index (χ2n) is 18.5. The highest BCUT2D eigenvalue weighted by Crippen LogP contribution is 2.44. The molecule has 3 aliphatic rings. The number of carbonyl (C=O) groups excluding carboxylic acids is 2. The highest BCUT2D eigenvalue weighted by molar-refractivity contribution is 6.00. The maximum atomic E-state index is 14.1. The number of nitrogens with one attached hydrogen (secondary N) is 1. The number of ether oxygens (including phenoxy) is 2. The highest BCUT2D eigenvalue weighted by Gasteiger charge is 2.41. The summed E-state index contributed by atoms with van der Waals surface area (Å²) in [6.45, 7) is 9.66. The molecule has 5 aromatic carbocycles. The monoisotopic (exact) mass is 936 g/mol. The molecule has 3 heterocycles. The number of hydrogen-bond donors (Lipinski definition) is 1. The van der Waals surface area contributed by atoms with Gasteiger partial charge in [0.1, 0.15) is 0 Å². The molecule has 2 saturated heterocycles. The third kappa shape index (κ3) is 11.3. The van der Waals surface area contributed by atoms with Gasteiger partial charge in [-0.25, -0.2) is 9.59 Å². The number of halogens is 1. The average Bonchev–Trinajstić information content (AvgIpc) is 3.37. The Balaban J connectivity index is 0.00000684. The first kappa shape index (κ1) is 49.8. The lowest BCUT2D eigenvalue weighted by atomic mass is 9.68. The number of benzene rings is 5. The maximum absolute atomic E-state index is 14.1. The quantitative estimate of drug-likeness (QED) is 0.0397. The van der Waals surface area contributed by atoms with E-state index in [1.165, 1.54) is 34.4 Å². The van der Waals surface area contributed by atoms with Crippen molar-refractivity contribution in [1.29, 1.82) is 0 Å². The van der Waals surface area contributed by atoms with Crippen LogP contribution < -0.4 is 5.32 Å². The van der Waals surface area contributed by atoms with Crippen LogP contribution in [0.1, 0.15) is 98.9 Å². The zero-order valence-corrected chi connectivity index (χ0v) is 40.3. The van der Waals surface area contributed by atoms with Crippen LogP contribution in [0.15, 0.2) is 168 Å². The van der Waals surface area contributed by atoms with Gasteiger partial charge in [-0.15, -0.1) is 12.4 Å². The zero-order chi connectivity index (χ0) is 46.6. The summed E-state index contributed by atoms with van der Waals surface area (Å²) in [6, 6.07) is 49.5. The molecule has 0 unspecified atom stereocenters. The molecule has 1 N–H and O–H groups in total. The standard InChI is InChI=1S/C57H64N4O6.ClH/c1-43-51(54(62)66-40-17-15-34-59-36-30-56(31-37-59,46-21-7-3-8-22-46)47-23-9-4-10-24-47)53(45-20-19-29-50(42-45)61(64)65)52(44(2)58-43)55(63)67-41-18-16-35-60-38-32-57(33-39-60,48-25-11-5-12-26-48)49-27-13-6-14-28-49;/h3-14,19-29,42,53,58H,15-18,30-41H2,1-2H3;1H. The van der Waals surface area contributed by atoms with Gasteiger partial charge >= 0.3 is 11.9 Å². The van der Waals surface area contributed by atoms with E-state index < -0.39 is 22.8 Å². The Labute approximate surface area is 408 Å². The van der Waals surface area contributed by atoms with Crippen molar-refractivity contribution in [3.8, 4) is 0 Å². The molecule has 3 aliphatic heterocycles. The van der Waals surface area contributed by atoms with E-state index in [0.717, 1.165) is 77.8 Å². The number of likely N-dealkylation sites (tertiary alicyclic amines) is 2. The van der Waals surface area contributed by atoms with E-state index in [4.69, 9.17) is 9.47 Å². The summed E-state index contributed by atoms with van der Waals surface area (Å²) in [4.78, 5) is 44.7. The van der Waals surface area contributed by atoms with E-state index in [1.807, 2.05) is 0 Å². The fourth-order valence-corrected chi connectivity index (χ4v) is 10.9. The minimum atomic E-state index is -0.910. The summed E-state index contributed by atoms with van der Waals surface area (Å²) < 4.78 is 11.9. The molecule has 0 aliphatic carbocycles. The smallest absolute Gasteiger partial charge is 0.336 e. The van der Waals surface area contributed by atoms with Crippen LogP contribution in [-0.4, -0.2) is 79.1 Å². The molecule has 5 aromatic rings. The number of dihydropyridines is 1. The summed E-state index contributed by atoms with van der Waals surface area (Å²) >= 11 is 0. The van der Waals surface area contributed by atoms with Crippen LogP contribution in [-0.2, 0) is 29.9 Å². The number of nitro groups is 1. The Morgan fingerprint density at radius 2 is 0.941 bits per heavy atom. The molecular weight excluding hydrogens is 872 g/mol. The number of nitro benzene ring substituents is 1. The van der Waals surface area contributed by atoms with Crippen molar-refractivity contribution in [2.45, 2.75) is 82.0 Å². The molecule has 0 radical (unpaired) electrons. The van der Waals surface area contributed by atoms with Gasteiger partial charge in [-0.1, -0.05) is 133 Å². The Hall–Kier alpha value is -6.07. The summed E-state index contributed by atoms with van der Waals surface area (Å²) in [5, 5.41) is 15.2. The molecule has 11 heteroatoms. The van der Waals surface area contributed by atoms with Gasteiger partial charge in [0.2, 0.25) is 0 Å². The van der Waals surface area contributed by atoms with Gasteiger partial charge in [0, 0.05) is 34.4 Å². The molecule has 0 saturated carbocycles. The van der Waals surface area contributed by atoms with Crippen LogP contribution in [0, 0.1) is 10.1 Å². The Morgan fingerprint density at radius 3 is 1.29 bits per heavy atom. The summed E-state index contributed by atoms with van der Waals surface area (Å²) in [5.74, 6) is -2.03. The van der Waals surface area contributed by atoms with Crippen molar-refractivity contribution in [3.63, 3.8) is 0 Å². The largest absolute Gasteiger partial charge is 0.462 e.